The number of hydrogen-bond donors (Lipinski definition) is 1. The van der Waals surface area contributed by atoms with Crippen LogP contribution < -0.4 is 10.5 Å². The maximum absolute atomic E-state index is 11.1. The quantitative estimate of drug-likeness (QED) is 0.606. The number of carbonyl (C=O) groups is 1. The lowest BCUT2D eigenvalue weighted by molar-refractivity contribution is -0.114. The third kappa shape index (κ3) is 4.65. The lowest BCUT2D eigenvalue weighted by Crippen LogP contribution is -2.12. The van der Waals surface area contributed by atoms with Crippen molar-refractivity contribution in [3.8, 4) is 11.8 Å². The van der Waals surface area contributed by atoms with Crippen LogP contribution in [0.5, 0.6) is 5.75 Å². The van der Waals surface area contributed by atoms with E-state index in [2.05, 4.69) is 0 Å². The van der Waals surface area contributed by atoms with Gasteiger partial charge in [-0.05, 0) is 41.5 Å². The van der Waals surface area contributed by atoms with Crippen molar-refractivity contribution in [2.75, 3.05) is 0 Å². The van der Waals surface area contributed by atoms with E-state index in [1.165, 1.54) is 18.2 Å². The standard InChI is InChI=1S/C17H11Cl3N2O2/c18-13-3-1-10(2-4-13)9-24-16-14(19)6-11(7-15(16)20)5-12(8-21)17(22)23/h1-7H,9H2,(H2,22,23). The van der Waals surface area contributed by atoms with Crippen molar-refractivity contribution in [2.24, 2.45) is 5.73 Å². The molecule has 24 heavy (non-hydrogen) atoms. The van der Waals surface area contributed by atoms with Gasteiger partial charge >= 0.3 is 0 Å². The predicted octanol–water partition coefficient (Wildman–Crippen LogP) is 4.62. The van der Waals surface area contributed by atoms with Crippen LogP contribution in [-0.2, 0) is 11.4 Å². The highest BCUT2D eigenvalue weighted by molar-refractivity contribution is 6.37. The van der Waals surface area contributed by atoms with Crippen molar-refractivity contribution in [3.63, 3.8) is 0 Å². The summed E-state index contributed by atoms with van der Waals surface area (Å²) in [6, 6.07) is 11.9. The van der Waals surface area contributed by atoms with Crippen molar-refractivity contribution < 1.29 is 9.53 Å². The summed E-state index contributed by atoms with van der Waals surface area (Å²) in [4.78, 5) is 11.1. The Morgan fingerprint density at radius 2 is 1.75 bits per heavy atom. The molecule has 2 N–H and O–H groups in total. The molecule has 7 heteroatoms. The highest BCUT2D eigenvalue weighted by atomic mass is 35.5. The molecule has 0 aromatic heterocycles. The fourth-order valence-corrected chi connectivity index (χ4v) is 2.60. The Morgan fingerprint density at radius 1 is 1.17 bits per heavy atom. The van der Waals surface area contributed by atoms with Crippen LogP contribution in [0.25, 0.3) is 6.08 Å². The molecule has 0 atom stereocenters. The second-order valence-electron chi connectivity index (χ2n) is 4.76. The van der Waals surface area contributed by atoms with Crippen molar-refractivity contribution >= 4 is 46.8 Å². The van der Waals surface area contributed by atoms with Gasteiger partial charge in [-0.2, -0.15) is 5.26 Å². The number of carbonyl (C=O) groups excluding carboxylic acids is 1. The number of hydrogen-bond acceptors (Lipinski definition) is 3. The van der Waals surface area contributed by atoms with Gasteiger partial charge in [0.1, 0.15) is 18.2 Å². The second-order valence-corrected chi connectivity index (χ2v) is 6.01. The molecule has 0 radical (unpaired) electrons. The number of halogens is 3. The SMILES string of the molecule is N#CC(=Cc1cc(Cl)c(OCc2ccc(Cl)cc2)c(Cl)c1)C(N)=O. The van der Waals surface area contributed by atoms with Crippen LogP contribution in [0.2, 0.25) is 15.1 Å². The van der Waals surface area contributed by atoms with Gasteiger partial charge in [-0.25, -0.2) is 0 Å². The molecular weight excluding hydrogens is 371 g/mol. The number of nitrogens with two attached hydrogens (primary N) is 1. The smallest absolute Gasteiger partial charge is 0.259 e. The first-order valence-electron chi connectivity index (χ1n) is 6.68. The zero-order chi connectivity index (χ0) is 17.7. The summed E-state index contributed by atoms with van der Waals surface area (Å²) in [6.07, 6.45) is 1.31. The van der Waals surface area contributed by atoms with Gasteiger partial charge in [0.25, 0.3) is 5.91 Å². The number of nitrogens with zero attached hydrogens (tertiary/aromatic N) is 1. The summed E-state index contributed by atoms with van der Waals surface area (Å²) in [5.41, 5.74) is 6.27. The van der Waals surface area contributed by atoms with Crippen LogP contribution in [-0.4, -0.2) is 5.91 Å². The predicted molar refractivity (Wildman–Crippen MR) is 95.0 cm³/mol. The van der Waals surface area contributed by atoms with E-state index >= 15 is 0 Å². The van der Waals surface area contributed by atoms with E-state index in [0.717, 1.165) is 5.56 Å². The van der Waals surface area contributed by atoms with E-state index in [1.54, 1.807) is 18.2 Å². The van der Waals surface area contributed by atoms with Crippen molar-refractivity contribution in [3.05, 3.63) is 68.2 Å². The van der Waals surface area contributed by atoms with Crippen LogP contribution >= 0.6 is 34.8 Å². The largest absolute Gasteiger partial charge is 0.486 e. The second kappa shape index (κ2) is 8.07. The first-order chi connectivity index (χ1) is 11.4. The number of ether oxygens (including phenoxy) is 1. The monoisotopic (exact) mass is 380 g/mol. The van der Waals surface area contributed by atoms with Gasteiger partial charge in [-0.1, -0.05) is 46.9 Å². The fourth-order valence-electron chi connectivity index (χ4n) is 1.86. The van der Waals surface area contributed by atoms with Crippen LogP contribution in [0.1, 0.15) is 11.1 Å². The summed E-state index contributed by atoms with van der Waals surface area (Å²) in [6.45, 7) is 0.260. The van der Waals surface area contributed by atoms with Gasteiger partial charge in [-0.3, -0.25) is 4.79 Å². The molecule has 0 spiro atoms. The molecule has 2 rings (SSSR count). The van der Waals surface area contributed by atoms with Crippen molar-refractivity contribution in [1.82, 2.24) is 0 Å². The Bertz CT molecular complexity index is 817. The molecule has 0 unspecified atom stereocenters. The third-order valence-corrected chi connectivity index (χ3v) is 3.83. The van der Waals surface area contributed by atoms with E-state index in [-0.39, 0.29) is 22.2 Å². The van der Waals surface area contributed by atoms with Gasteiger partial charge in [0.2, 0.25) is 0 Å². The topological polar surface area (TPSA) is 76.1 Å². The van der Waals surface area contributed by atoms with E-state index in [9.17, 15) is 4.79 Å². The normalized spacial score (nSPS) is 11.0. The number of benzene rings is 2. The van der Waals surface area contributed by atoms with E-state index < -0.39 is 5.91 Å². The highest BCUT2D eigenvalue weighted by Gasteiger charge is 2.11. The highest BCUT2D eigenvalue weighted by Crippen LogP contribution is 2.35. The maximum Gasteiger partial charge on any atom is 0.259 e. The molecule has 1 amide bonds. The van der Waals surface area contributed by atoms with Gasteiger partial charge in [0, 0.05) is 5.02 Å². The molecule has 0 bridgehead atoms. The number of amides is 1. The Morgan fingerprint density at radius 3 is 2.25 bits per heavy atom. The maximum atomic E-state index is 11.1. The molecular formula is C17H11Cl3N2O2. The molecule has 4 nitrogen and oxygen atoms in total. The van der Waals surface area contributed by atoms with Crippen LogP contribution in [0, 0.1) is 11.3 Å². The lowest BCUT2D eigenvalue weighted by Gasteiger charge is -2.11. The van der Waals surface area contributed by atoms with Crippen molar-refractivity contribution in [1.29, 1.82) is 5.26 Å². The Balaban J connectivity index is 2.22. The molecule has 0 heterocycles. The number of primary amides is 1. The molecule has 0 fully saturated rings. The van der Waals surface area contributed by atoms with Crippen LogP contribution in [0.15, 0.2) is 42.0 Å². The summed E-state index contributed by atoms with van der Waals surface area (Å²) in [7, 11) is 0. The Kier molecular flexibility index (Phi) is 6.10. The Hall–Kier alpha value is -2.19. The minimum absolute atomic E-state index is 0.197. The third-order valence-electron chi connectivity index (χ3n) is 3.01. The molecule has 0 aliphatic rings. The summed E-state index contributed by atoms with van der Waals surface area (Å²) in [5.74, 6) is -0.518. The molecule has 0 saturated carbocycles. The first kappa shape index (κ1) is 18.2. The molecule has 2 aromatic carbocycles. The number of nitriles is 1. The summed E-state index contributed by atoms with van der Waals surface area (Å²) >= 11 is 18.2. The minimum Gasteiger partial charge on any atom is -0.486 e. The molecule has 0 aliphatic heterocycles. The number of rotatable bonds is 5. The first-order valence-corrected chi connectivity index (χ1v) is 7.82. The Labute approximate surface area is 154 Å². The average molecular weight is 382 g/mol. The summed E-state index contributed by atoms with van der Waals surface area (Å²) in [5, 5.41) is 10.0. The van der Waals surface area contributed by atoms with Crippen molar-refractivity contribution in [2.45, 2.75) is 6.61 Å². The summed E-state index contributed by atoms with van der Waals surface area (Å²) < 4.78 is 5.64. The van der Waals surface area contributed by atoms with Gasteiger partial charge in [0.05, 0.1) is 10.0 Å². The molecule has 0 aliphatic carbocycles. The zero-order valence-corrected chi connectivity index (χ0v) is 14.5. The van der Waals surface area contributed by atoms with Crippen LogP contribution in [0.4, 0.5) is 0 Å². The van der Waals surface area contributed by atoms with Crippen LogP contribution in [0.3, 0.4) is 0 Å². The van der Waals surface area contributed by atoms with Gasteiger partial charge in [0.15, 0.2) is 5.75 Å². The van der Waals surface area contributed by atoms with E-state index in [4.69, 9.17) is 50.5 Å². The van der Waals surface area contributed by atoms with E-state index in [0.29, 0.717) is 16.3 Å². The lowest BCUT2D eigenvalue weighted by atomic mass is 10.1. The molecule has 0 saturated heterocycles. The zero-order valence-electron chi connectivity index (χ0n) is 12.2. The average Bonchev–Trinajstić information content (AvgIpc) is 2.53. The minimum atomic E-state index is -0.826. The fraction of sp³-hybridized carbons (Fsp3) is 0.0588. The van der Waals surface area contributed by atoms with Gasteiger partial charge in [-0.15, -0.1) is 0 Å². The van der Waals surface area contributed by atoms with Gasteiger partial charge < -0.3 is 10.5 Å². The van der Waals surface area contributed by atoms with E-state index in [1.807, 2.05) is 12.1 Å². The molecule has 122 valence electrons. The molecule has 2 aromatic rings.